The van der Waals surface area contributed by atoms with E-state index in [0.717, 1.165) is 17.9 Å². The summed E-state index contributed by atoms with van der Waals surface area (Å²) in [5.74, 6) is 0.172. The highest BCUT2D eigenvalue weighted by Gasteiger charge is 2.30. The Morgan fingerprint density at radius 3 is 2.90 bits per heavy atom. The maximum absolute atomic E-state index is 11.7. The maximum atomic E-state index is 11.7. The van der Waals surface area contributed by atoms with Gasteiger partial charge in [-0.3, -0.25) is 4.79 Å². The summed E-state index contributed by atoms with van der Waals surface area (Å²) in [4.78, 5) is 15.6. The molecule has 0 saturated carbocycles. The molecule has 1 fully saturated rings. The van der Waals surface area contributed by atoms with E-state index >= 15 is 0 Å². The maximum Gasteiger partial charge on any atom is 0.308 e. The Bertz CT molecular complexity index is 635. The lowest BCUT2D eigenvalue weighted by atomic mass is 10.00. The van der Waals surface area contributed by atoms with E-state index in [2.05, 4.69) is 4.98 Å². The molecule has 0 bridgehead atoms. The number of hydrogen-bond donors (Lipinski definition) is 1. The number of aromatic nitrogens is 2. The quantitative estimate of drug-likeness (QED) is 0.873. The SMILES string of the molecule is O=C(O)C1CCc2nc(C3CCCS(=O)(=O)C3)cn2C1. The zero-order valence-electron chi connectivity index (χ0n) is 11.2. The fourth-order valence-electron chi connectivity index (χ4n) is 3.12. The normalized spacial score (nSPS) is 28.8. The van der Waals surface area contributed by atoms with Crippen LogP contribution in [0.15, 0.2) is 6.20 Å². The van der Waals surface area contributed by atoms with Crippen molar-refractivity contribution in [1.29, 1.82) is 0 Å². The lowest BCUT2D eigenvalue weighted by Crippen LogP contribution is -2.26. The van der Waals surface area contributed by atoms with Crippen LogP contribution < -0.4 is 0 Å². The summed E-state index contributed by atoms with van der Waals surface area (Å²) in [6, 6.07) is 0. The van der Waals surface area contributed by atoms with Crippen LogP contribution in [0, 0.1) is 5.92 Å². The number of nitrogens with zero attached hydrogens (tertiary/aromatic N) is 2. The molecule has 0 aliphatic carbocycles. The first-order chi connectivity index (χ1) is 9.44. The number of carbonyl (C=O) groups is 1. The summed E-state index contributed by atoms with van der Waals surface area (Å²) in [7, 11) is -2.95. The van der Waals surface area contributed by atoms with Crippen molar-refractivity contribution >= 4 is 15.8 Å². The third kappa shape index (κ3) is 2.59. The fraction of sp³-hybridized carbons (Fsp3) is 0.692. The molecule has 0 aromatic carbocycles. The smallest absolute Gasteiger partial charge is 0.308 e. The molecule has 1 saturated heterocycles. The van der Waals surface area contributed by atoms with Gasteiger partial charge in [-0.05, 0) is 19.3 Å². The molecule has 2 aliphatic heterocycles. The molecule has 0 spiro atoms. The van der Waals surface area contributed by atoms with Crippen LogP contribution >= 0.6 is 0 Å². The van der Waals surface area contributed by atoms with E-state index in [4.69, 9.17) is 5.11 Å². The van der Waals surface area contributed by atoms with Gasteiger partial charge in [0.1, 0.15) is 5.82 Å². The van der Waals surface area contributed by atoms with Gasteiger partial charge in [0.05, 0.1) is 23.1 Å². The number of carboxylic acids is 1. The topological polar surface area (TPSA) is 89.3 Å². The minimum atomic E-state index is -2.95. The molecule has 2 atom stereocenters. The summed E-state index contributed by atoms with van der Waals surface area (Å²) >= 11 is 0. The van der Waals surface area contributed by atoms with Crippen LogP contribution in [0.1, 0.15) is 36.7 Å². The molecule has 1 aromatic heterocycles. The second kappa shape index (κ2) is 4.87. The molecule has 1 aromatic rings. The van der Waals surface area contributed by atoms with Gasteiger partial charge in [-0.1, -0.05) is 0 Å². The predicted octanol–water partition coefficient (Wildman–Crippen LogP) is 0.822. The number of carboxylic acid groups (broad SMARTS) is 1. The Labute approximate surface area is 117 Å². The Morgan fingerprint density at radius 2 is 2.20 bits per heavy atom. The van der Waals surface area contributed by atoms with Crippen LogP contribution in [0.5, 0.6) is 0 Å². The highest BCUT2D eigenvalue weighted by Crippen LogP contribution is 2.29. The number of aryl methyl sites for hydroxylation is 1. The van der Waals surface area contributed by atoms with Crippen molar-refractivity contribution in [2.45, 2.75) is 38.1 Å². The van der Waals surface area contributed by atoms with E-state index in [1.165, 1.54) is 0 Å². The molecule has 0 amide bonds. The lowest BCUT2D eigenvalue weighted by Gasteiger charge is -2.20. The average molecular weight is 298 g/mol. The zero-order valence-corrected chi connectivity index (χ0v) is 12.0. The van der Waals surface area contributed by atoms with Gasteiger partial charge in [-0.25, -0.2) is 13.4 Å². The van der Waals surface area contributed by atoms with Gasteiger partial charge in [-0.2, -0.15) is 0 Å². The van der Waals surface area contributed by atoms with Crippen LogP contribution in [0.3, 0.4) is 0 Å². The van der Waals surface area contributed by atoms with Crippen molar-refractivity contribution in [3.05, 3.63) is 17.7 Å². The third-order valence-corrected chi connectivity index (χ3v) is 6.06. The highest BCUT2D eigenvalue weighted by atomic mass is 32.2. The predicted molar refractivity (Wildman–Crippen MR) is 72.3 cm³/mol. The molecule has 3 heterocycles. The number of aliphatic carboxylic acids is 1. The summed E-state index contributed by atoms with van der Waals surface area (Å²) in [5, 5.41) is 9.07. The van der Waals surface area contributed by atoms with Crippen molar-refractivity contribution in [2.75, 3.05) is 11.5 Å². The first-order valence-electron chi connectivity index (χ1n) is 6.94. The number of imidazole rings is 1. The van der Waals surface area contributed by atoms with Crippen LogP contribution in [0.4, 0.5) is 0 Å². The fourth-order valence-corrected chi connectivity index (χ4v) is 4.84. The van der Waals surface area contributed by atoms with Crippen LogP contribution in [-0.4, -0.2) is 40.6 Å². The van der Waals surface area contributed by atoms with E-state index in [0.29, 0.717) is 25.8 Å². The summed E-state index contributed by atoms with van der Waals surface area (Å²) in [6.07, 6.45) is 4.64. The molecule has 110 valence electrons. The zero-order chi connectivity index (χ0) is 14.3. The minimum absolute atomic E-state index is 0.0323. The van der Waals surface area contributed by atoms with Crippen molar-refractivity contribution in [3.8, 4) is 0 Å². The molecule has 20 heavy (non-hydrogen) atoms. The minimum Gasteiger partial charge on any atom is -0.481 e. The molecule has 2 aliphatic rings. The molecule has 1 N–H and O–H groups in total. The Balaban J connectivity index is 1.82. The molecular formula is C13H18N2O4S. The third-order valence-electron chi connectivity index (χ3n) is 4.24. The standard InChI is InChI=1S/C13H18N2O4S/c16-13(17)9-3-4-12-14-11(7-15(12)6-9)10-2-1-5-20(18,19)8-10/h7,9-10H,1-6,8H2,(H,16,17). The number of hydrogen-bond acceptors (Lipinski definition) is 4. The second-order valence-electron chi connectivity index (χ2n) is 5.76. The van der Waals surface area contributed by atoms with E-state index in [9.17, 15) is 13.2 Å². The van der Waals surface area contributed by atoms with E-state index < -0.39 is 15.8 Å². The highest BCUT2D eigenvalue weighted by molar-refractivity contribution is 7.91. The van der Waals surface area contributed by atoms with Crippen LogP contribution in [0.25, 0.3) is 0 Å². The summed E-state index contributed by atoms with van der Waals surface area (Å²) < 4.78 is 25.3. The van der Waals surface area contributed by atoms with E-state index in [-0.39, 0.29) is 23.3 Å². The monoisotopic (exact) mass is 298 g/mol. The van der Waals surface area contributed by atoms with Gasteiger partial charge in [-0.15, -0.1) is 0 Å². The summed E-state index contributed by atoms with van der Waals surface area (Å²) in [5.41, 5.74) is 0.814. The molecule has 7 heteroatoms. The number of sulfone groups is 1. The van der Waals surface area contributed by atoms with Crippen molar-refractivity contribution in [1.82, 2.24) is 9.55 Å². The molecule has 6 nitrogen and oxygen atoms in total. The first-order valence-corrected chi connectivity index (χ1v) is 8.76. The van der Waals surface area contributed by atoms with Gasteiger partial charge < -0.3 is 9.67 Å². The van der Waals surface area contributed by atoms with E-state index in [1.54, 1.807) is 0 Å². The molecular weight excluding hydrogens is 280 g/mol. The molecule has 3 rings (SSSR count). The van der Waals surface area contributed by atoms with Crippen LogP contribution in [-0.2, 0) is 27.6 Å². The summed E-state index contributed by atoms with van der Waals surface area (Å²) in [6.45, 7) is 0.442. The largest absolute Gasteiger partial charge is 0.481 e. The van der Waals surface area contributed by atoms with Crippen molar-refractivity contribution in [3.63, 3.8) is 0 Å². The lowest BCUT2D eigenvalue weighted by molar-refractivity contribution is -0.142. The van der Waals surface area contributed by atoms with E-state index in [1.807, 2.05) is 10.8 Å². The van der Waals surface area contributed by atoms with Gasteiger partial charge in [0.25, 0.3) is 0 Å². The second-order valence-corrected chi connectivity index (χ2v) is 7.99. The first kappa shape index (κ1) is 13.6. The van der Waals surface area contributed by atoms with Crippen molar-refractivity contribution < 1.29 is 18.3 Å². The number of rotatable bonds is 2. The molecule has 0 radical (unpaired) electrons. The van der Waals surface area contributed by atoms with Gasteiger partial charge in [0, 0.05) is 25.1 Å². The van der Waals surface area contributed by atoms with Gasteiger partial charge in [0.2, 0.25) is 0 Å². The average Bonchev–Trinajstić information content (AvgIpc) is 2.80. The van der Waals surface area contributed by atoms with Gasteiger partial charge in [0.15, 0.2) is 9.84 Å². The van der Waals surface area contributed by atoms with Crippen molar-refractivity contribution in [2.24, 2.45) is 5.92 Å². The van der Waals surface area contributed by atoms with Gasteiger partial charge >= 0.3 is 5.97 Å². The Hall–Kier alpha value is -1.37. The Kier molecular flexibility index (Phi) is 3.32. The number of fused-ring (bicyclic) bond motifs is 1. The Morgan fingerprint density at radius 1 is 1.40 bits per heavy atom. The van der Waals surface area contributed by atoms with Crippen LogP contribution in [0.2, 0.25) is 0 Å². The molecule has 2 unspecified atom stereocenters.